The van der Waals surface area contributed by atoms with Crippen molar-refractivity contribution in [1.82, 2.24) is 5.32 Å². The van der Waals surface area contributed by atoms with Gasteiger partial charge in [0.2, 0.25) is 0 Å². The highest BCUT2D eigenvalue weighted by Crippen LogP contribution is 2.36. The summed E-state index contributed by atoms with van der Waals surface area (Å²) in [6.45, 7) is 2.18. The summed E-state index contributed by atoms with van der Waals surface area (Å²) in [5, 5.41) is 13.4. The molecule has 0 unspecified atom stereocenters. The number of aryl methyl sites for hydroxylation is 1. The van der Waals surface area contributed by atoms with Gasteiger partial charge in [-0.3, -0.25) is 29.9 Å². The van der Waals surface area contributed by atoms with Crippen LogP contribution in [0, 0.1) is 10.1 Å². The van der Waals surface area contributed by atoms with Crippen LogP contribution in [0.3, 0.4) is 0 Å². The van der Waals surface area contributed by atoms with E-state index in [0.717, 1.165) is 17.5 Å². The van der Waals surface area contributed by atoms with E-state index in [1.54, 1.807) is 36.4 Å². The van der Waals surface area contributed by atoms with Gasteiger partial charge in [0.1, 0.15) is 12.2 Å². The maximum atomic E-state index is 13.4. The molecule has 1 N–H and O–H groups in total. The van der Waals surface area contributed by atoms with E-state index in [0.29, 0.717) is 27.2 Å². The van der Waals surface area contributed by atoms with Gasteiger partial charge in [-0.2, -0.15) is 0 Å². The van der Waals surface area contributed by atoms with E-state index in [2.05, 4.69) is 21.2 Å². The number of rotatable bonds is 8. The van der Waals surface area contributed by atoms with Crippen LogP contribution >= 0.6 is 28.1 Å². The van der Waals surface area contributed by atoms with Crippen molar-refractivity contribution < 1.29 is 24.0 Å². The molecule has 2 amide bonds. The first-order valence-electron chi connectivity index (χ1n) is 11.5. The minimum absolute atomic E-state index is 0.00744. The zero-order valence-corrected chi connectivity index (χ0v) is 22.8. The largest absolute Gasteiger partial charge is 0.493 e. The highest BCUT2D eigenvalue weighted by Gasteiger charge is 2.34. The van der Waals surface area contributed by atoms with Crippen LogP contribution in [0.1, 0.15) is 23.6 Å². The first-order chi connectivity index (χ1) is 18.2. The molecule has 0 saturated carbocycles. The number of carbonyl (C=O) groups is 2. The van der Waals surface area contributed by atoms with Crippen molar-refractivity contribution in [3.8, 4) is 11.5 Å². The van der Waals surface area contributed by atoms with Crippen LogP contribution in [0.2, 0.25) is 0 Å². The summed E-state index contributed by atoms with van der Waals surface area (Å²) in [5.74, 6) is -0.385. The van der Waals surface area contributed by atoms with Crippen molar-refractivity contribution in [3.63, 3.8) is 0 Å². The average molecular weight is 596 g/mol. The SMILES string of the molecule is CCc1ccc(N2C(=O)/C(=C/c3cc(OC)c(OCc4ccc([N+](=O)[O-])cc4)cc3Br)C(=O)NC2=S)cc1. The highest BCUT2D eigenvalue weighted by atomic mass is 79.9. The molecule has 0 aliphatic carbocycles. The van der Waals surface area contributed by atoms with E-state index < -0.39 is 16.7 Å². The van der Waals surface area contributed by atoms with Crippen molar-refractivity contribution in [2.45, 2.75) is 20.0 Å². The van der Waals surface area contributed by atoms with Gasteiger partial charge in [-0.05, 0) is 77.8 Å². The molecule has 0 atom stereocenters. The second-order valence-electron chi connectivity index (χ2n) is 8.21. The van der Waals surface area contributed by atoms with Crippen molar-refractivity contribution in [3.05, 3.63) is 97.5 Å². The molecule has 1 aliphatic rings. The van der Waals surface area contributed by atoms with Crippen molar-refractivity contribution in [1.29, 1.82) is 0 Å². The Kier molecular flexibility index (Phi) is 8.18. The lowest BCUT2D eigenvalue weighted by atomic mass is 10.1. The number of nitro benzene ring substituents is 1. The zero-order chi connectivity index (χ0) is 27.4. The van der Waals surface area contributed by atoms with Gasteiger partial charge in [-0.15, -0.1) is 0 Å². The van der Waals surface area contributed by atoms with Crippen LogP contribution in [0.5, 0.6) is 11.5 Å². The Bertz CT molecular complexity index is 1450. The Labute approximate surface area is 232 Å². The van der Waals surface area contributed by atoms with Gasteiger partial charge < -0.3 is 9.47 Å². The standard InChI is InChI=1S/C27H22BrN3O6S/c1-3-16-4-8-19(9-5-16)30-26(33)21(25(32)29-27(30)38)12-18-13-23(36-2)24(14-22(18)28)37-15-17-6-10-20(11-7-17)31(34)35/h4-14H,3,15H2,1-2H3,(H,29,32,38)/b21-12+. The van der Waals surface area contributed by atoms with E-state index in [1.165, 1.54) is 30.2 Å². The van der Waals surface area contributed by atoms with Gasteiger partial charge in [0.25, 0.3) is 17.5 Å². The monoisotopic (exact) mass is 595 g/mol. The third-order valence-corrected chi connectivity index (χ3v) is 6.80. The van der Waals surface area contributed by atoms with Crippen molar-refractivity contribution in [2.75, 3.05) is 12.0 Å². The predicted octanol–water partition coefficient (Wildman–Crippen LogP) is 5.34. The van der Waals surface area contributed by atoms with Gasteiger partial charge in [0.15, 0.2) is 16.6 Å². The zero-order valence-electron chi connectivity index (χ0n) is 20.4. The summed E-state index contributed by atoms with van der Waals surface area (Å²) in [4.78, 5) is 37.8. The highest BCUT2D eigenvalue weighted by molar-refractivity contribution is 9.10. The summed E-state index contributed by atoms with van der Waals surface area (Å²) in [6, 6.07) is 16.7. The Balaban J connectivity index is 1.60. The molecule has 11 heteroatoms. The molecule has 4 rings (SSSR count). The van der Waals surface area contributed by atoms with Gasteiger partial charge in [0, 0.05) is 16.6 Å². The molecule has 1 heterocycles. The fourth-order valence-electron chi connectivity index (χ4n) is 3.74. The van der Waals surface area contributed by atoms with Crippen LogP contribution in [0.15, 0.2) is 70.7 Å². The maximum Gasteiger partial charge on any atom is 0.270 e. The number of ether oxygens (including phenoxy) is 2. The fourth-order valence-corrected chi connectivity index (χ4v) is 4.45. The van der Waals surface area contributed by atoms with E-state index in [4.69, 9.17) is 21.7 Å². The topological polar surface area (TPSA) is 111 Å². The third kappa shape index (κ3) is 5.74. The number of amides is 2. The molecule has 9 nitrogen and oxygen atoms in total. The second kappa shape index (κ2) is 11.5. The number of carbonyl (C=O) groups excluding carboxylic acids is 2. The number of halogens is 1. The van der Waals surface area contributed by atoms with Gasteiger partial charge in [-0.25, -0.2) is 0 Å². The molecule has 1 saturated heterocycles. The summed E-state index contributed by atoms with van der Waals surface area (Å²) in [5.41, 5.74) is 2.79. The molecule has 0 bridgehead atoms. The molecule has 1 fully saturated rings. The number of non-ortho nitro benzene ring substituents is 1. The van der Waals surface area contributed by atoms with Crippen molar-refractivity contribution in [2.24, 2.45) is 0 Å². The van der Waals surface area contributed by atoms with Gasteiger partial charge in [-0.1, -0.05) is 35.0 Å². The van der Waals surface area contributed by atoms with Crippen LogP contribution in [0.4, 0.5) is 11.4 Å². The number of anilines is 1. The van der Waals surface area contributed by atoms with Crippen LogP contribution in [0.25, 0.3) is 6.08 Å². The molecular weight excluding hydrogens is 574 g/mol. The fraction of sp³-hybridized carbons (Fsp3) is 0.148. The Morgan fingerprint density at radius 3 is 2.32 bits per heavy atom. The number of hydrogen-bond donors (Lipinski definition) is 1. The number of nitro groups is 1. The second-order valence-corrected chi connectivity index (χ2v) is 9.46. The number of hydrogen-bond acceptors (Lipinski definition) is 7. The molecule has 0 radical (unpaired) electrons. The summed E-state index contributed by atoms with van der Waals surface area (Å²) >= 11 is 8.76. The lowest BCUT2D eigenvalue weighted by Gasteiger charge is -2.29. The lowest BCUT2D eigenvalue weighted by Crippen LogP contribution is -2.54. The number of nitrogens with zero attached hydrogens (tertiary/aromatic N) is 2. The molecule has 1 aliphatic heterocycles. The number of benzene rings is 3. The Morgan fingerprint density at radius 2 is 1.71 bits per heavy atom. The summed E-state index contributed by atoms with van der Waals surface area (Å²) < 4.78 is 11.9. The normalized spacial score (nSPS) is 14.4. The molecule has 194 valence electrons. The molecular formula is C27H22BrN3O6S. The molecule has 3 aromatic rings. The first kappa shape index (κ1) is 27.0. The minimum atomic E-state index is -0.606. The van der Waals surface area contributed by atoms with Gasteiger partial charge >= 0.3 is 0 Å². The first-order valence-corrected chi connectivity index (χ1v) is 12.7. The Hall–Kier alpha value is -4.09. The number of nitrogens with one attached hydrogen (secondary N) is 1. The summed E-state index contributed by atoms with van der Waals surface area (Å²) in [6.07, 6.45) is 2.31. The van der Waals surface area contributed by atoms with E-state index in [9.17, 15) is 19.7 Å². The predicted molar refractivity (Wildman–Crippen MR) is 150 cm³/mol. The number of methoxy groups -OCH3 is 1. The van der Waals surface area contributed by atoms with Crippen LogP contribution < -0.4 is 19.7 Å². The van der Waals surface area contributed by atoms with E-state index in [1.807, 2.05) is 19.1 Å². The average Bonchev–Trinajstić information content (AvgIpc) is 2.91. The molecule has 38 heavy (non-hydrogen) atoms. The van der Waals surface area contributed by atoms with Crippen molar-refractivity contribution >= 4 is 62.5 Å². The molecule has 0 aromatic heterocycles. The maximum absolute atomic E-state index is 13.4. The minimum Gasteiger partial charge on any atom is -0.493 e. The quantitative estimate of drug-likeness (QED) is 0.123. The van der Waals surface area contributed by atoms with Crippen LogP contribution in [-0.4, -0.2) is 29.0 Å². The lowest BCUT2D eigenvalue weighted by molar-refractivity contribution is -0.384. The Morgan fingerprint density at radius 1 is 1.05 bits per heavy atom. The smallest absolute Gasteiger partial charge is 0.270 e. The number of thiocarbonyl (C=S) groups is 1. The van der Waals surface area contributed by atoms with E-state index in [-0.39, 0.29) is 23.0 Å². The van der Waals surface area contributed by atoms with Gasteiger partial charge in [0.05, 0.1) is 17.7 Å². The van der Waals surface area contributed by atoms with Crippen LogP contribution in [-0.2, 0) is 22.6 Å². The molecule has 0 spiro atoms. The molecule has 3 aromatic carbocycles. The third-order valence-electron chi connectivity index (χ3n) is 5.83. The van der Waals surface area contributed by atoms with E-state index >= 15 is 0 Å². The summed E-state index contributed by atoms with van der Waals surface area (Å²) in [7, 11) is 1.47.